The van der Waals surface area contributed by atoms with E-state index in [1.807, 2.05) is 0 Å². The van der Waals surface area contributed by atoms with Gasteiger partial charge in [0.15, 0.2) is 0 Å². The summed E-state index contributed by atoms with van der Waals surface area (Å²) in [7, 11) is 1.57. The summed E-state index contributed by atoms with van der Waals surface area (Å²) in [6, 6.07) is 18.2. The van der Waals surface area contributed by atoms with Gasteiger partial charge in [0, 0.05) is 42.6 Å². The van der Waals surface area contributed by atoms with Crippen molar-refractivity contribution in [3.63, 3.8) is 0 Å². The molecule has 1 heterocycles. The second-order valence-electron chi connectivity index (χ2n) is 9.37. The molecule has 3 aromatic rings. The zero-order chi connectivity index (χ0) is 25.9. The minimum absolute atomic E-state index is 0. The molecule has 0 radical (unpaired) electrons. The van der Waals surface area contributed by atoms with E-state index in [0.29, 0.717) is 47.1 Å². The van der Waals surface area contributed by atoms with E-state index >= 15 is 0 Å². The summed E-state index contributed by atoms with van der Waals surface area (Å²) in [6.45, 7) is 0.269. The molecular weight excluding hydrogens is 517 g/mol. The van der Waals surface area contributed by atoms with E-state index in [1.54, 1.807) is 37.4 Å². The van der Waals surface area contributed by atoms with Gasteiger partial charge in [0.2, 0.25) is 0 Å². The fraction of sp³-hybridized carbons (Fsp3) is 0.310. The van der Waals surface area contributed by atoms with Crippen LogP contribution in [0.15, 0.2) is 60.7 Å². The molecule has 38 heavy (non-hydrogen) atoms. The maximum Gasteiger partial charge on any atom is 1.00 e. The molecule has 192 valence electrons. The minimum atomic E-state index is -1.16. The predicted molar refractivity (Wildman–Crippen MR) is 136 cm³/mol. The Morgan fingerprint density at radius 3 is 2.42 bits per heavy atom. The quantitative estimate of drug-likeness (QED) is 0.325. The van der Waals surface area contributed by atoms with E-state index in [-0.39, 0.29) is 47.1 Å². The van der Waals surface area contributed by atoms with Gasteiger partial charge in [-0.15, -0.1) is 0 Å². The van der Waals surface area contributed by atoms with Crippen LogP contribution in [0.25, 0.3) is 0 Å². The van der Waals surface area contributed by atoms with Crippen LogP contribution in [0.4, 0.5) is 0 Å². The molecule has 1 aliphatic heterocycles. The first kappa shape index (κ1) is 28.5. The molecule has 7 nitrogen and oxygen atoms in total. The Hall–Kier alpha value is -2.55. The summed E-state index contributed by atoms with van der Waals surface area (Å²) in [6.07, 6.45) is 2.95. The van der Waals surface area contributed by atoms with Crippen LogP contribution < -0.4 is 49.5 Å². The number of carbonyl (C=O) groups excluding carboxylic acids is 2. The van der Waals surface area contributed by atoms with Crippen LogP contribution in [0.3, 0.4) is 0 Å². The number of halogens is 1. The second kappa shape index (κ2) is 12.5. The molecule has 1 amide bonds. The Balaban J connectivity index is 0.00000336. The molecule has 0 saturated heterocycles. The molecule has 0 spiro atoms. The van der Waals surface area contributed by atoms with E-state index in [9.17, 15) is 14.7 Å². The molecule has 1 N–H and O–H groups in total. The number of carboxylic acid groups (broad SMARTS) is 1. The van der Waals surface area contributed by atoms with Gasteiger partial charge in [-0.2, -0.15) is 0 Å². The van der Waals surface area contributed by atoms with Crippen LogP contribution in [-0.4, -0.2) is 31.8 Å². The number of nitrogens with one attached hydrogen (secondary N) is 1. The van der Waals surface area contributed by atoms with Gasteiger partial charge in [0.1, 0.15) is 23.5 Å². The van der Waals surface area contributed by atoms with E-state index in [4.69, 9.17) is 25.8 Å². The van der Waals surface area contributed by atoms with E-state index in [0.717, 1.165) is 5.56 Å². The maximum atomic E-state index is 12.8. The first-order valence-electron chi connectivity index (χ1n) is 12.3. The monoisotopic (exact) mass is 543 g/mol. The third-order valence-electron chi connectivity index (χ3n) is 6.76. The Morgan fingerprint density at radius 2 is 1.79 bits per heavy atom. The number of fused-ring (bicyclic) bond motifs is 1. The average Bonchev–Trinajstić information content (AvgIpc) is 3.75. The summed E-state index contributed by atoms with van der Waals surface area (Å²) < 4.78 is 17.0. The molecular formula is C29H27ClNNaO6. The average molecular weight is 544 g/mol. The van der Waals surface area contributed by atoms with Crippen molar-refractivity contribution in [2.24, 2.45) is 0 Å². The molecule has 3 aromatic carbocycles. The van der Waals surface area contributed by atoms with Gasteiger partial charge in [-0.3, -0.25) is 4.79 Å². The van der Waals surface area contributed by atoms with Crippen LogP contribution in [0, 0.1) is 0 Å². The van der Waals surface area contributed by atoms with Gasteiger partial charge in [-0.25, -0.2) is 0 Å². The van der Waals surface area contributed by atoms with Crippen molar-refractivity contribution in [3.05, 3.63) is 87.9 Å². The predicted octanol–water partition coefficient (Wildman–Crippen LogP) is 1.57. The fourth-order valence-corrected chi connectivity index (χ4v) is 4.70. The Bertz CT molecular complexity index is 1290. The van der Waals surface area contributed by atoms with E-state index in [2.05, 4.69) is 29.6 Å². The zero-order valence-electron chi connectivity index (χ0n) is 21.4. The van der Waals surface area contributed by atoms with Crippen LogP contribution in [0.5, 0.6) is 17.2 Å². The number of methoxy groups -OCH3 is 1. The van der Waals surface area contributed by atoms with Crippen molar-refractivity contribution < 1.29 is 58.5 Å². The standard InChI is InChI=1S/C29H28ClNO6.Na/c1-35-27(14-17-2-4-18(5-3-17)19-6-7-19)31-28(32)20-8-10-21(11-9-20)37-26-16-25-23(15-24(26)30)22(29(33)34)12-13-36-25;/h2-5,8-11,15-16,19,22,27H,6-7,12-14H2,1H3,(H,31,32)(H,33,34);/q;+1/p-1/t22-,27?;/m0./s1. The Morgan fingerprint density at radius 1 is 1.08 bits per heavy atom. The number of ether oxygens (including phenoxy) is 3. The summed E-state index contributed by atoms with van der Waals surface area (Å²) in [5.74, 6) is -0.299. The maximum absolute atomic E-state index is 12.8. The van der Waals surface area contributed by atoms with Crippen LogP contribution in [0.2, 0.25) is 5.02 Å². The third kappa shape index (κ3) is 6.71. The molecule has 0 aromatic heterocycles. The first-order chi connectivity index (χ1) is 17.9. The van der Waals surface area contributed by atoms with Crippen LogP contribution >= 0.6 is 11.6 Å². The van der Waals surface area contributed by atoms with Crippen molar-refractivity contribution >= 4 is 23.5 Å². The number of hydrogen-bond acceptors (Lipinski definition) is 6. The van der Waals surface area contributed by atoms with Crippen molar-refractivity contribution in [2.45, 2.75) is 43.7 Å². The Labute approximate surface area is 248 Å². The number of hydrogen-bond donors (Lipinski definition) is 1. The number of carbonyl (C=O) groups is 2. The van der Waals surface area contributed by atoms with E-state index < -0.39 is 18.1 Å². The van der Waals surface area contributed by atoms with Crippen molar-refractivity contribution in [1.82, 2.24) is 5.32 Å². The summed E-state index contributed by atoms with van der Waals surface area (Å²) in [5.41, 5.74) is 3.39. The van der Waals surface area contributed by atoms with Crippen LogP contribution in [0.1, 0.15) is 58.1 Å². The van der Waals surface area contributed by atoms with Gasteiger partial charge in [-0.05, 0) is 66.6 Å². The molecule has 2 aliphatic rings. The summed E-state index contributed by atoms with van der Waals surface area (Å²) in [5, 5.41) is 14.6. The van der Waals surface area contributed by atoms with Crippen LogP contribution in [-0.2, 0) is 16.0 Å². The molecule has 1 fully saturated rings. The van der Waals surface area contributed by atoms with Gasteiger partial charge < -0.3 is 29.4 Å². The number of aliphatic carboxylic acids is 1. The normalized spacial score (nSPS) is 16.8. The molecule has 0 bridgehead atoms. The summed E-state index contributed by atoms with van der Waals surface area (Å²) in [4.78, 5) is 24.2. The van der Waals surface area contributed by atoms with Gasteiger partial charge >= 0.3 is 29.6 Å². The SMILES string of the molecule is COC(Cc1ccc(C2CC2)cc1)NC(=O)c1ccc(Oc2cc3c(cc2Cl)[C@@H](C(=O)[O-])CCO3)cc1.[Na+]. The van der Waals surface area contributed by atoms with Gasteiger partial charge in [-0.1, -0.05) is 35.9 Å². The molecule has 9 heteroatoms. The van der Waals surface area contributed by atoms with Gasteiger partial charge in [0.05, 0.1) is 11.6 Å². The number of carboxylic acids is 1. The van der Waals surface area contributed by atoms with Crippen molar-refractivity contribution in [1.29, 1.82) is 0 Å². The smallest absolute Gasteiger partial charge is 0.549 e. The summed E-state index contributed by atoms with van der Waals surface area (Å²) >= 11 is 6.36. The number of rotatable bonds is 9. The van der Waals surface area contributed by atoms with Crippen molar-refractivity contribution in [3.8, 4) is 17.2 Å². The number of benzene rings is 3. The second-order valence-corrected chi connectivity index (χ2v) is 9.78. The number of amides is 1. The molecule has 1 saturated carbocycles. The molecule has 1 unspecified atom stereocenters. The van der Waals surface area contributed by atoms with Gasteiger partial charge in [0.25, 0.3) is 5.91 Å². The largest absolute Gasteiger partial charge is 1.00 e. The topological polar surface area (TPSA) is 96.9 Å². The molecule has 5 rings (SSSR count). The Kier molecular flexibility index (Phi) is 9.39. The molecule has 2 atom stereocenters. The zero-order valence-corrected chi connectivity index (χ0v) is 24.1. The van der Waals surface area contributed by atoms with E-state index in [1.165, 1.54) is 24.5 Å². The fourth-order valence-electron chi connectivity index (χ4n) is 4.49. The molecule has 1 aliphatic carbocycles. The van der Waals surface area contributed by atoms with Crippen molar-refractivity contribution in [2.75, 3.05) is 13.7 Å². The first-order valence-corrected chi connectivity index (χ1v) is 12.7. The minimum Gasteiger partial charge on any atom is -0.549 e. The third-order valence-corrected chi connectivity index (χ3v) is 7.05.